The van der Waals surface area contributed by atoms with Crippen LogP contribution < -0.4 is 10.5 Å². The van der Waals surface area contributed by atoms with Crippen LogP contribution in [-0.2, 0) is 16.6 Å². The van der Waals surface area contributed by atoms with Gasteiger partial charge in [0.15, 0.2) is 0 Å². The summed E-state index contributed by atoms with van der Waals surface area (Å²) in [5.74, 6) is -0.429. The maximum absolute atomic E-state index is 12.9. The lowest BCUT2D eigenvalue weighted by molar-refractivity contribution is 0.600. The van der Waals surface area contributed by atoms with Gasteiger partial charge in [-0.1, -0.05) is 15.9 Å². The highest BCUT2D eigenvalue weighted by Gasteiger charge is 2.19. The molecule has 4 nitrogen and oxygen atoms in total. The van der Waals surface area contributed by atoms with E-state index in [-0.39, 0.29) is 11.4 Å². The zero-order valence-electron chi connectivity index (χ0n) is 11.2. The molecule has 3 N–H and O–H groups in total. The Bertz CT molecular complexity index is 761. The van der Waals surface area contributed by atoms with Gasteiger partial charge in [0.05, 0.1) is 4.90 Å². The second kappa shape index (κ2) is 6.13. The van der Waals surface area contributed by atoms with Crippen LogP contribution in [0.3, 0.4) is 0 Å². The fourth-order valence-corrected chi connectivity index (χ4v) is 3.85. The van der Waals surface area contributed by atoms with Crippen molar-refractivity contribution in [3.8, 4) is 0 Å². The number of benzene rings is 2. The number of hydrogen-bond donors (Lipinski definition) is 2. The predicted molar refractivity (Wildman–Crippen MR) is 84.0 cm³/mol. The molecule has 0 unspecified atom stereocenters. The van der Waals surface area contributed by atoms with Gasteiger partial charge in [0.1, 0.15) is 5.82 Å². The van der Waals surface area contributed by atoms with Gasteiger partial charge in [-0.2, -0.15) is 0 Å². The van der Waals surface area contributed by atoms with Crippen LogP contribution in [0.1, 0.15) is 11.1 Å². The summed E-state index contributed by atoms with van der Waals surface area (Å²) in [7, 11) is -3.77. The molecule has 2 aromatic rings. The molecule has 0 aromatic heterocycles. The first kappa shape index (κ1) is 15.9. The summed E-state index contributed by atoms with van der Waals surface area (Å²) >= 11 is 3.33. The summed E-state index contributed by atoms with van der Waals surface area (Å²) in [6.45, 7) is 1.93. The van der Waals surface area contributed by atoms with Crippen LogP contribution in [0.25, 0.3) is 0 Å². The summed E-state index contributed by atoms with van der Waals surface area (Å²) in [4.78, 5) is 0.140. The molecule has 0 saturated carbocycles. The molecule has 2 aromatic carbocycles. The highest BCUT2D eigenvalue weighted by molar-refractivity contribution is 9.10. The SMILES string of the molecule is Cc1c(Br)cc(CN)cc1S(=O)(=O)Nc1ccc(F)cc1. The largest absolute Gasteiger partial charge is 0.326 e. The predicted octanol–water partition coefficient (Wildman–Crippen LogP) is 3.16. The molecular weight excluding hydrogens is 359 g/mol. The number of hydrogen-bond acceptors (Lipinski definition) is 3. The van der Waals surface area contributed by atoms with Gasteiger partial charge in [0.2, 0.25) is 0 Å². The van der Waals surface area contributed by atoms with Crippen LogP contribution in [0, 0.1) is 12.7 Å². The Kier molecular flexibility index (Phi) is 4.65. The molecule has 0 fully saturated rings. The van der Waals surface area contributed by atoms with Gasteiger partial charge in [-0.3, -0.25) is 4.72 Å². The van der Waals surface area contributed by atoms with Gasteiger partial charge in [-0.05, 0) is 54.4 Å². The Morgan fingerprint density at radius 1 is 1.24 bits per heavy atom. The van der Waals surface area contributed by atoms with Gasteiger partial charge in [-0.25, -0.2) is 12.8 Å². The highest BCUT2D eigenvalue weighted by atomic mass is 79.9. The van der Waals surface area contributed by atoms with Crippen molar-refractivity contribution in [2.45, 2.75) is 18.4 Å². The van der Waals surface area contributed by atoms with E-state index in [0.717, 1.165) is 0 Å². The fourth-order valence-electron chi connectivity index (χ4n) is 1.83. The molecule has 0 saturated heterocycles. The first-order valence-corrected chi connectivity index (χ1v) is 8.38. The van der Waals surface area contributed by atoms with E-state index in [0.29, 0.717) is 21.3 Å². The van der Waals surface area contributed by atoms with Crippen molar-refractivity contribution in [3.05, 3.63) is 57.8 Å². The zero-order chi connectivity index (χ0) is 15.6. The zero-order valence-corrected chi connectivity index (χ0v) is 13.6. The Balaban J connectivity index is 2.44. The third kappa shape index (κ3) is 3.61. The van der Waals surface area contributed by atoms with Crippen molar-refractivity contribution in [1.82, 2.24) is 0 Å². The first-order chi connectivity index (χ1) is 9.83. The maximum Gasteiger partial charge on any atom is 0.262 e. The normalized spacial score (nSPS) is 11.4. The van der Waals surface area contributed by atoms with Gasteiger partial charge < -0.3 is 5.73 Å². The fraction of sp³-hybridized carbons (Fsp3) is 0.143. The molecule has 0 bridgehead atoms. The maximum atomic E-state index is 12.9. The molecule has 0 aliphatic rings. The Labute approximate surface area is 131 Å². The van der Waals surface area contributed by atoms with Crippen molar-refractivity contribution in [3.63, 3.8) is 0 Å². The number of sulfonamides is 1. The van der Waals surface area contributed by atoms with E-state index in [4.69, 9.17) is 5.73 Å². The molecule has 0 spiro atoms. The second-order valence-corrected chi connectivity index (χ2v) is 7.02. The third-order valence-corrected chi connectivity index (χ3v) is 5.31. The van der Waals surface area contributed by atoms with Crippen LogP contribution in [0.2, 0.25) is 0 Å². The minimum atomic E-state index is -3.77. The topological polar surface area (TPSA) is 72.2 Å². The van der Waals surface area contributed by atoms with E-state index in [1.807, 2.05) is 0 Å². The molecule has 0 amide bonds. The molecule has 21 heavy (non-hydrogen) atoms. The lowest BCUT2D eigenvalue weighted by Crippen LogP contribution is -2.15. The van der Waals surface area contributed by atoms with Crippen molar-refractivity contribution >= 4 is 31.6 Å². The van der Waals surface area contributed by atoms with Gasteiger partial charge in [0.25, 0.3) is 10.0 Å². The average molecular weight is 373 g/mol. The van der Waals surface area contributed by atoms with Crippen LogP contribution in [0.5, 0.6) is 0 Å². The van der Waals surface area contributed by atoms with Crippen molar-refractivity contribution in [1.29, 1.82) is 0 Å². The molecule has 112 valence electrons. The van der Waals surface area contributed by atoms with Crippen molar-refractivity contribution < 1.29 is 12.8 Å². The molecule has 0 aliphatic heterocycles. The Morgan fingerprint density at radius 3 is 2.43 bits per heavy atom. The van der Waals surface area contributed by atoms with Gasteiger partial charge in [0, 0.05) is 16.7 Å². The average Bonchev–Trinajstić information content (AvgIpc) is 2.43. The molecule has 7 heteroatoms. The number of nitrogens with one attached hydrogen (secondary N) is 1. The summed E-state index contributed by atoms with van der Waals surface area (Å²) in [5.41, 5.74) is 7.15. The number of nitrogens with two attached hydrogens (primary N) is 1. The standard InChI is InChI=1S/C14H14BrFN2O2S/c1-9-13(15)6-10(8-17)7-14(9)21(19,20)18-12-4-2-11(16)3-5-12/h2-7,18H,8,17H2,1H3. The van der Waals surface area contributed by atoms with E-state index >= 15 is 0 Å². The number of rotatable bonds is 4. The second-order valence-electron chi connectivity index (χ2n) is 4.52. The minimum Gasteiger partial charge on any atom is -0.326 e. The molecule has 0 aliphatic carbocycles. The summed E-state index contributed by atoms with van der Waals surface area (Å²) in [5, 5.41) is 0. The molecule has 0 heterocycles. The smallest absolute Gasteiger partial charge is 0.262 e. The minimum absolute atomic E-state index is 0.140. The van der Waals surface area contributed by atoms with Crippen molar-refractivity contribution in [2.24, 2.45) is 5.73 Å². The lowest BCUT2D eigenvalue weighted by atomic mass is 10.1. The molecular formula is C14H14BrFN2O2S. The first-order valence-electron chi connectivity index (χ1n) is 6.11. The monoisotopic (exact) mass is 372 g/mol. The highest BCUT2D eigenvalue weighted by Crippen LogP contribution is 2.27. The summed E-state index contributed by atoms with van der Waals surface area (Å²) in [6.07, 6.45) is 0. The van der Waals surface area contributed by atoms with E-state index in [2.05, 4.69) is 20.7 Å². The Hall–Kier alpha value is -1.44. The van der Waals surface area contributed by atoms with Crippen LogP contribution in [-0.4, -0.2) is 8.42 Å². The number of halogens is 2. The van der Waals surface area contributed by atoms with Gasteiger partial charge in [-0.15, -0.1) is 0 Å². The number of anilines is 1. The summed E-state index contributed by atoms with van der Waals surface area (Å²) < 4.78 is 40.9. The van der Waals surface area contributed by atoms with E-state index < -0.39 is 15.8 Å². The lowest BCUT2D eigenvalue weighted by Gasteiger charge is -2.13. The van der Waals surface area contributed by atoms with E-state index in [1.165, 1.54) is 30.3 Å². The van der Waals surface area contributed by atoms with E-state index in [9.17, 15) is 12.8 Å². The Morgan fingerprint density at radius 2 is 1.86 bits per heavy atom. The third-order valence-electron chi connectivity index (χ3n) is 2.98. The molecule has 0 radical (unpaired) electrons. The van der Waals surface area contributed by atoms with Crippen LogP contribution in [0.4, 0.5) is 10.1 Å². The van der Waals surface area contributed by atoms with Gasteiger partial charge >= 0.3 is 0 Å². The summed E-state index contributed by atoms with van der Waals surface area (Å²) in [6, 6.07) is 8.43. The molecule has 2 rings (SSSR count). The van der Waals surface area contributed by atoms with Crippen LogP contribution in [0.15, 0.2) is 45.8 Å². The molecule has 0 atom stereocenters. The van der Waals surface area contributed by atoms with Crippen LogP contribution >= 0.6 is 15.9 Å². The quantitative estimate of drug-likeness (QED) is 0.865. The van der Waals surface area contributed by atoms with Crippen molar-refractivity contribution in [2.75, 3.05) is 4.72 Å². The van der Waals surface area contributed by atoms with E-state index in [1.54, 1.807) is 13.0 Å².